The van der Waals surface area contributed by atoms with Crippen LogP contribution in [0.4, 0.5) is 5.95 Å². The van der Waals surface area contributed by atoms with Gasteiger partial charge in [-0.25, -0.2) is 4.79 Å². The number of hydrogen-bond acceptors (Lipinski definition) is 4. The standard InChI is InChI=1S/C21H30N6O2/c1-6-26(7-2)13-12-22-20-23-18-17(19(28)25(5)21(29)24(18)4)27(20)14-16-10-8-15(3)9-11-16/h8-11H,6-7,12-14H2,1-5H3,(H,22,23)/p+1. The Balaban J connectivity index is 2.07. The molecule has 3 rings (SSSR count). The molecule has 2 aromatic heterocycles. The molecule has 8 nitrogen and oxygen atoms in total. The van der Waals surface area contributed by atoms with Crippen LogP contribution < -0.4 is 21.5 Å². The predicted molar refractivity (Wildman–Crippen MR) is 116 cm³/mol. The molecule has 0 amide bonds. The fraction of sp³-hybridized carbons (Fsp3) is 0.476. The van der Waals surface area contributed by atoms with E-state index in [-0.39, 0.29) is 11.2 Å². The van der Waals surface area contributed by atoms with Crippen molar-refractivity contribution in [2.75, 3.05) is 31.5 Å². The van der Waals surface area contributed by atoms with Crippen molar-refractivity contribution < 1.29 is 4.90 Å². The molecule has 8 heteroatoms. The Morgan fingerprint density at radius 1 is 1.03 bits per heavy atom. The fourth-order valence-corrected chi connectivity index (χ4v) is 3.57. The third-order valence-electron chi connectivity index (χ3n) is 5.57. The molecule has 0 saturated carbocycles. The number of nitrogens with zero attached hydrogens (tertiary/aromatic N) is 4. The van der Waals surface area contributed by atoms with E-state index in [4.69, 9.17) is 0 Å². The number of benzene rings is 1. The van der Waals surface area contributed by atoms with Gasteiger partial charge in [-0.15, -0.1) is 0 Å². The molecule has 1 aromatic carbocycles. The Bertz CT molecular complexity index is 1100. The van der Waals surface area contributed by atoms with Gasteiger partial charge in [0, 0.05) is 14.1 Å². The molecule has 0 aliphatic carbocycles. The van der Waals surface area contributed by atoms with E-state index in [1.807, 2.05) is 11.5 Å². The second kappa shape index (κ2) is 8.65. The summed E-state index contributed by atoms with van der Waals surface area (Å²) in [6, 6.07) is 8.22. The molecule has 0 radical (unpaired) electrons. The maximum absolute atomic E-state index is 12.9. The average molecular weight is 400 g/mol. The van der Waals surface area contributed by atoms with E-state index in [2.05, 4.69) is 48.4 Å². The van der Waals surface area contributed by atoms with Crippen molar-refractivity contribution in [3.63, 3.8) is 0 Å². The first-order chi connectivity index (χ1) is 13.9. The zero-order chi connectivity index (χ0) is 21.1. The fourth-order valence-electron chi connectivity index (χ4n) is 3.57. The molecular weight excluding hydrogens is 368 g/mol. The normalized spacial score (nSPS) is 11.5. The van der Waals surface area contributed by atoms with Crippen LogP contribution in [0.25, 0.3) is 11.2 Å². The molecule has 2 heterocycles. The van der Waals surface area contributed by atoms with E-state index >= 15 is 0 Å². The van der Waals surface area contributed by atoms with E-state index in [1.54, 1.807) is 7.05 Å². The number of quaternary nitrogens is 1. The Hall–Kier alpha value is -2.87. The first-order valence-corrected chi connectivity index (χ1v) is 10.2. The van der Waals surface area contributed by atoms with E-state index in [0.717, 1.165) is 36.3 Å². The summed E-state index contributed by atoms with van der Waals surface area (Å²) in [7, 11) is 3.15. The minimum atomic E-state index is -0.373. The van der Waals surface area contributed by atoms with Gasteiger partial charge in [0.25, 0.3) is 5.56 Å². The summed E-state index contributed by atoms with van der Waals surface area (Å²) >= 11 is 0. The molecule has 2 N–H and O–H groups in total. The average Bonchev–Trinajstić information content (AvgIpc) is 3.08. The van der Waals surface area contributed by atoms with Gasteiger partial charge in [0.05, 0.1) is 32.7 Å². The third kappa shape index (κ3) is 4.12. The molecule has 0 bridgehead atoms. The molecule has 0 unspecified atom stereocenters. The van der Waals surface area contributed by atoms with Crippen molar-refractivity contribution in [2.45, 2.75) is 27.3 Å². The topological polar surface area (TPSA) is 78.3 Å². The van der Waals surface area contributed by atoms with Crippen molar-refractivity contribution in [2.24, 2.45) is 14.1 Å². The number of imidazole rings is 1. The molecule has 3 aromatic rings. The second-order valence-corrected chi connectivity index (χ2v) is 7.52. The Labute approximate surface area is 170 Å². The maximum atomic E-state index is 12.9. The molecule has 29 heavy (non-hydrogen) atoms. The third-order valence-corrected chi connectivity index (χ3v) is 5.57. The number of rotatable bonds is 8. The van der Waals surface area contributed by atoms with Crippen molar-refractivity contribution in [1.29, 1.82) is 0 Å². The van der Waals surface area contributed by atoms with Crippen LogP contribution in [0.1, 0.15) is 25.0 Å². The highest BCUT2D eigenvalue weighted by Crippen LogP contribution is 2.18. The number of likely N-dealkylation sites (N-methyl/N-ethyl adjacent to an activating group) is 1. The molecule has 0 atom stereocenters. The summed E-state index contributed by atoms with van der Waals surface area (Å²) in [6.45, 7) is 10.7. The molecule has 0 spiro atoms. The molecule has 0 saturated heterocycles. The van der Waals surface area contributed by atoms with Gasteiger partial charge in [-0.3, -0.25) is 18.5 Å². The highest BCUT2D eigenvalue weighted by molar-refractivity contribution is 5.74. The smallest absolute Gasteiger partial charge is 0.332 e. The van der Waals surface area contributed by atoms with E-state index < -0.39 is 0 Å². The quantitative estimate of drug-likeness (QED) is 0.564. The monoisotopic (exact) mass is 399 g/mol. The van der Waals surface area contributed by atoms with Crippen molar-refractivity contribution in [3.05, 3.63) is 56.2 Å². The van der Waals surface area contributed by atoms with Gasteiger partial charge in [0.1, 0.15) is 0 Å². The van der Waals surface area contributed by atoms with Crippen LogP contribution in [-0.2, 0) is 20.6 Å². The summed E-state index contributed by atoms with van der Waals surface area (Å²) in [5.41, 5.74) is 2.40. The van der Waals surface area contributed by atoms with E-state index in [9.17, 15) is 9.59 Å². The van der Waals surface area contributed by atoms with E-state index in [1.165, 1.54) is 22.1 Å². The van der Waals surface area contributed by atoms with Gasteiger partial charge in [0.2, 0.25) is 5.95 Å². The summed E-state index contributed by atoms with van der Waals surface area (Å²) in [6.07, 6.45) is 0. The summed E-state index contributed by atoms with van der Waals surface area (Å²) in [5, 5.41) is 3.39. The van der Waals surface area contributed by atoms with Crippen LogP contribution >= 0.6 is 0 Å². The molecule has 0 aliphatic heterocycles. The highest BCUT2D eigenvalue weighted by Gasteiger charge is 2.19. The second-order valence-electron chi connectivity index (χ2n) is 7.52. The van der Waals surface area contributed by atoms with Crippen molar-refractivity contribution >= 4 is 17.1 Å². The van der Waals surface area contributed by atoms with Crippen LogP contribution in [0.15, 0.2) is 33.9 Å². The minimum absolute atomic E-state index is 0.329. The Morgan fingerprint density at radius 2 is 1.69 bits per heavy atom. The molecule has 0 fully saturated rings. The number of anilines is 1. The van der Waals surface area contributed by atoms with Gasteiger partial charge in [0.15, 0.2) is 11.2 Å². The Kier molecular flexibility index (Phi) is 6.22. The van der Waals surface area contributed by atoms with Gasteiger partial charge in [-0.2, -0.15) is 4.98 Å². The lowest BCUT2D eigenvalue weighted by Gasteiger charge is -2.16. The summed E-state index contributed by atoms with van der Waals surface area (Å²) in [4.78, 5) is 31.4. The lowest BCUT2D eigenvalue weighted by molar-refractivity contribution is -0.894. The van der Waals surface area contributed by atoms with Gasteiger partial charge < -0.3 is 10.2 Å². The number of nitrogens with one attached hydrogen (secondary N) is 2. The van der Waals surface area contributed by atoms with Crippen LogP contribution in [0.3, 0.4) is 0 Å². The summed E-state index contributed by atoms with van der Waals surface area (Å²) < 4.78 is 4.46. The number of hydrogen-bond donors (Lipinski definition) is 2. The zero-order valence-corrected chi connectivity index (χ0v) is 18.0. The number of aryl methyl sites for hydroxylation is 2. The first-order valence-electron chi connectivity index (χ1n) is 10.2. The predicted octanol–water partition coefficient (Wildman–Crippen LogP) is 0.127. The molecule has 156 valence electrons. The zero-order valence-electron chi connectivity index (χ0n) is 18.0. The van der Waals surface area contributed by atoms with Gasteiger partial charge in [-0.1, -0.05) is 29.8 Å². The van der Waals surface area contributed by atoms with Crippen molar-refractivity contribution in [3.8, 4) is 0 Å². The Morgan fingerprint density at radius 3 is 2.31 bits per heavy atom. The number of fused-ring (bicyclic) bond motifs is 1. The number of aromatic nitrogens is 4. The summed E-state index contributed by atoms with van der Waals surface area (Å²) in [5.74, 6) is 0.616. The van der Waals surface area contributed by atoms with Crippen LogP contribution in [0.2, 0.25) is 0 Å². The van der Waals surface area contributed by atoms with Crippen molar-refractivity contribution in [1.82, 2.24) is 18.7 Å². The molecular formula is C21H31N6O2+. The van der Waals surface area contributed by atoms with E-state index in [0.29, 0.717) is 23.7 Å². The van der Waals surface area contributed by atoms with Crippen LogP contribution in [0.5, 0.6) is 0 Å². The van der Waals surface area contributed by atoms with Gasteiger partial charge in [-0.05, 0) is 26.3 Å². The van der Waals surface area contributed by atoms with Gasteiger partial charge >= 0.3 is 5.69 Å². The first kappa shape index (κ1) is 20.9. The molecule has 0 aliphatic rings. The highest BCUT2D eigenvalue weighted by atomic mass is 16.2. The largest absolute Gasteiger partial charge is 0.350 e. The lowest BCUT2D eigenvalue weighted by atomic mass is 10.1. The SMILES string of the molecule is CC[NH+](CC)CCNc1nc2c(c(=O)n(C)c(=O)n2C)n1Cc1ccc(C)cc1. The van der Waals surface area contributed by atoms with Crippen LogP contribution in [0, 0.1) is 6.92 Å². The van der Waals surface area contributed by atoms with Crippen LogP contribution in [-0.4, -0.2) is 44.9 Å². The lowest BCUT2D eigenvalue weighted by Crippen LogP contribution is -3.12. The minimum Gasteiger partial charge on any atom is -0.350 e. The maximum Gasteiger partial charge on any atom is 0.332 e.